The highest BCUT2D eigenvalue weighted by Gasteiger charge is 2.26. The number of thiazole rings is 1. The molecule has 2 heterocycles. The van der Waals surface area contributed by atoms with Crippen LogP contribution in [-0.2, 0) is 11.3 Å². The fourth-order valence-corrected chi connectivity index (χ4v) is 6.00. The molecule has 3 aromatic carbocycles. The van der Waals surface area contributed by atoms with Crippen molar-refractivity contribution in [2.75, 3.05) is 31.5 Å². The van der Waals surface area contributed by atoms with Crippen molar-refractivity contribution in [1.29, 1.82) is 0 Å². The van der Waals surface area contributed by atoms with Gasteiger partial charge in [0.25, 0.3) is 5.91 Å². The maximum atomic E-state index is 13.0. The van der Waals surface area contributed by atoms with E-state index in [1.807, 2.05) is 63.2 Å². The average Bonchev–Trinajstić information content (AvgIpc) is 3.32. The van der Waals surface area contributed by atoms with E-state index in [-0.39, 0.29) is 12.0 Å². The van der Waals surface area contributed by atoms with Crippen LogP contribution in [0.25, 0.3) is 20.8 Å². The molecule has 202 valence electrons. The maximum absolute atomic E-state index is 13.0. The Labute approximate surface area is 240 Å². The summed E-state index contributed by atoms with van der Waals surface area (Å²) < 4.78 is 7.36. The lowest BCUT2D eigenvalue weighted by Gasteiger charge is -2.35. The Hall–Kier alpha value is -3.27. The van der Waals surface area contributed by atoms with Gasteiger partial charge in [0.15, 0.2) is 0 Å². The molecule has 0 spiro atoms. The van der Waals surface area contributed by atoms with E-state index >= 15 is 0 Å². The third-order valence-corrected chi connectivity index (χ3v) is 8.15. The molecule has 9 heteroatoms. The SMILES string of the molecule is CC(C)(C)OC(=O)N1CCN(Cc2ccc3nc(-c4ccccc4NC(=O)c4ccccc4Br)sc3c2)CC1. The molecule has 0 saturated carbocycles. The first kappa shape index (κ1) is 27.3. The molecule has 1 aliphatic rings. The van der Waals surface area contributed by atoms with Gasteiger partial charge in [-0.1, -0.05) is 30.3 Å². The van der Waals surface area contributed by atoms with Crippen molar-refractivity contribution in [3.63, 3.8) is 0 Å². The van der Waals surface area contributed by atoms with Crippen molar-refractivity contribution in [1.82, 2.24) is 14.8 Å². The minimum Gasteiger partial charge on any atom is -0.444 e. The van der Waals surface area contributed by atoms with Gasteiger partial charge in [0.05, 0.1) is 21.5 Å². The van der Waals surface area contributed by atoms with E-state index in [1.54, 1.807) is 22.3 Å². The Bertz CT molecular complexity index is 1510. The van der Waals surface area contributed by atoms with Crippen LogP contribution in [0.1, 0.15) is 36.7 Å². The monoisotopic (exact) mass is 606 g/mol. The number of ether oxygens (including phenoxy) is 1. The molecule has 5 rings (SSSR count). The minimum atomic E-state index is -0.484. The van der Waals surface area contributed by atoms with E-state index in [4.69, 9.17) is 9.72 Å². The lowest BCUT2D eigenvalue weighted by Crippen LogP contribution is -2.49. The second-order valence-corrected chi connectivity index (χ2v) is 12.4. The first-order valence-electron chi connectivity index (χ1n) is 12.9. The molecule has 0 radical (unpaired) electrons. The van der Waals surface area contributed by atoms with Gasteiger partial charge < -0.3 is 15.0 Å². The number of rotatable bonds is 5. The van der Waals surface area contributed by atoms with Crippen LogP contribution in [0.5, 0.6) is 0 Å². The standard InChI is InChI=1S/C30H31BrN4O3S/c1-30(2,3)38-29(37)35-16-14-34(15-17-35)19-20-12-13-25-26(18-20)39-28(33-25)22-9-5-7-11-24(22)32-27(36)21-8-4-6-10-23(21)31/h4-13,18H,14-17,19H2,1-3H3,(H,32,36). The first-order chi connectivity index (χ1) is 18.7. The second kappa shape index (κ2) is 11.5. The number of benzene rings is 3. The molecular formula is C30H31BrN4O3S. The van der Waals surface area contributed by atoms with E-state index < -0.39 is 5.60 Å². The molecule has 1 N–H and O–H groups in total. The molecule has 1 aliphatic heterocycles. The zero-order valence-corrected chi connectivity index (χ0v) is 24.6. The smallest absolute Gasteiger partial charge is 0.410 e. The summed E-state index contributed by atoms with van der Waals surface area (Å²) in [5.41, 5.74) is 3.84. The number of hydrogen-bond acceptors (Lipinski definition) is 6. The summed E-state index contributed by atoms with van der Waals surface area (Å²) in [6.45, 7) is 9.39. The lowest BCUT2D eigenvalue weighted by molar-refractivity contribution is 0.0139. The van der Waals surface area contributed by atoms with E-state index in [9.17, 15) is 9.59 Å². The van der Waals surface area contributed by atoms with Gasteiger partial charge in [-0.05, 0) is 78.7 Å². The quantitative estimate of drug-likeness (QED) is 0.264. The van der Waals surface area contributed by atoms with Crippen LogP contribution < -0.4 is 5.32 Å². The fraction of sp³-hybridized carbons (Fsp3) is 0.300. The number of nitrogens with one attached hydrogen (secondary N) is 1. The molecule has 0 atom stereocenters. The number of para-hydroxylation sites is 1. The number of amides is 2. The summed E-state index contributed by atoms with van der Waals surface area (Å²) in [5, 5.41) is 3.91. The van der Waals surface area contributed by atoms with Crippen molar-refractivity contribution in [2.24, 2.45) is 0 Å². The summed E-state index contributed by atoms with van der Waals surface area (Å²) in [7, 11) is 0. The molecule has 0 unspecified atom stereocenters. The van der Waals surface area contributed by atoms with Gasteiger partial charge in [-0.3, -0.25) is 9.69 Å². The summed E-state index contributed by atoms with van der Waals surface area (Å²) in [4.78, 5) is 34.3. The van der Waals surface area contributed by atoms with Crippen LogP contribution in [0.2, 0.25) is 0 Å². The van der Waals surface area contributed by atoms with Crippen LogP contribution in [0.15, 0.2) is 71.2 Å². The molecule has 0 bridgehead atoms. The van der Waals surface area contributed by atoms with Gasteiger partial charge in [-0.2, -0.15) is 0 Å². The largest absolute Gasteiger partial charge is 0.444 e. The number of anilines is 1. The van der Waals surface area contributed by atoms with Crippen molar-refractivity contribution in [2.45, 2.75) is 32.9 Å². The Morgan fingerprint density at radius 3 is 2.46 bits per heavy atom. The molecule has 7 nitrogen and oxygen atoms in total. The number of nitrogens with zero attached hydrogens (tertiary/aromatic N) is 3. The first-order valence-corrected chi connectivity index (χ1v) is 14.5. The van der Waals surface area contributed by atoms with E-state index in [0.717, 1.165) is 50.6 Å². The molecule has 2 amide bonds. The Morgan fingerprint density at radius 1 is 1.00 bits per heavy atom. The Kier molecular flexibility index (Phi) is 8.02. The van der Waals surface area contributed by atoms with Crippen molar-refractivity contribution >= 4 is 55.2 Å². The van der Waals surface area contributed by atoms with Crippen LogP contribution in [0.3, 0.4) is 0 Å². The predicted octanol–water partition coefficient (Wildman–Crippen LogP) is 7.03. The number of carbonyl (C=O) groups is 2. The third kappa shape index (κ3) is 6.66. The van der Waals surface area contributed by atoms with Gasteiger partial charge in [0.1, 0.15) is 10.6 Å². The molecule has 4 aromatic rings. The van der Waals surface area contributed by atoms with E-state index in [2.05, 4.69) is 44.3 Å². The van der Waals surface area contributed by atoms with Gasteiger partial charge in [-0.25, -0.2) is 9.78 Å². The van der Waals surface area contributed by atoms with E-state index in [1.165, 1.54) is 5.56 Å². The number of carbonyl (C=O) groups excluding carboxylic acids is 2. The topological polar surface area (TPSA) is 74.8 Å². The second-order valence-electron chi connectivity index (χ2n) is 10.5. The minimum absolute atomic E-state index is 0.176. The summed E-state index contributed by atoms with van der Waals surface area (Å²) in [6.07, 6.45) is -0.242. The number of piperazine rings is 1. The summed E-state index contributed by atoms with van der Waals surface area (Å²) in [6, 6.07) is 21.5. The average molecular weight is 608 g/mol. The van der Waals surface area contributed by atoms with Gasteiger partial charge in [0.2, 0.25) is 0 Å². The number of aromatic nitrogens is 1. The highest BCUT2D eigenvalue weighted by atomic mass is 79.9. The van der Waals surface area contributed by atoms with Crippen molar-refractivity contribution < 1.29 is 14.3 Å². The Morgan fingerprint density at radius 2 is 1.72 bits per heavy atom. The van der Waals surface area contributed by atoms with Gasteiger partial charge >= 0.3 is 6.09 Å². The van der Waals surface area contributed by atoms with Crippen LogP contribution in [0, 0.1) is 0 Å². The highest BCUT2D eigenvalue weighted by molar-refractivity contribution is 9.10. The molecular weight excluding hydrogens is 576 g/mol. The normalized spacial score (nSPS) is 14.4. The highest BCUT2D eigenvalue weighted by Crippen LogP contribution is 2.35. The van der Waals surface area contributed by atoms with Gasteiger partial charge in [0, 0.05) is 42.8 Å². The summed E-state index contributed by atoms with van der Waals surface area (Å²) in [5.74, 6) is -0.176. The Balaban J connectivity index is 1.28. The summed E-state index contributed by atoms with van der Waals surface area (Å²) >= 11 is 5.08. The maximum Gasteiger partial charge on any atom is 0.410 e. The molecule has 1 aromatic heterocycles. The zero-order chi connectivity index (χ0) is 27.6. The van der Waals surface area contributed by atoms with Crippen LogP contribution >= 0.6 is 27.3 Å². The van der Waals surface area contributed by atoms with Crippen LogP contribution in [-0.4, -0.2) is 58.6 Å². The molecule has 39 heavy (non-hydrogen) atoms. The number of fused-ring (bicyclic) bond motifs is 1. The molecule has 1 fully saturated rings. The lowest BCUT2D eigenvalue weighted by atomic mass is 10.1. The zero-order valence-electron chi connectivity index (χ0n) is 22.2. The number of halogens is 1. The van der Waals surface area contributed by atoms with Crippen molar-refractivity contribution in [3.8, 4) is 10.6 Å². The fourth-order valence-electron chi connectivity index (χ4n) is 4.47. The number of hydrogen-bond donors (Lipinski definition) is 1. The van der Waals surface area contributed by atoms with Gasteiger partial charge in [-0.15, -0.1) is 11.3 Å². The predicted molar refractivity (Wildman–Crippen MR) is 160 cm³/mol. The molecule has 1 saturated heterocycles. The third-order valence-electron chi connectivity index (χ3n) is 6.41. The van der Waals surface area contributed by atoms with Crippen molar-refractivity contribution in [3.05, 3.63) is 82.3 Å². The van der Waals surface area contributed by atoms with E-state index in [0.29, 0.717) is 18.7 Å². The molecule has 0 aliphatic carbocycles. The van der Waals surface area contributed by atoms with Crippen LogP contribution in [0.4, 0.5) is 10.5 Å².